The van der Waals surface area contributed by atoms with Crippen molar-refractivity contribution in [3.8, 4) is 5.88 Å². The van der Waals surface area contributed by atoms with Crippen LogP contribution in [0.5, 0.6) is 5.88 Å². The summed E-state index contributed by atoms with van der Waals surface area (Å²) < 4.78 is 15.0. The van der Waals surface area contributed by atoms with Crippen molar-refractivity contribution >= 4 is 23.5 Å². The summed E-state index contributed by atoms with van der Waals surface area (Å²) in [5.41, 5.74) is 0. The fraction of sp³-hybridized carbons (Fsp3) is 0.867. The molecule has 0 saturated carbocycles. The average Bonchev–Trinajstić information content (AvgIpc) is 2.96. The maximum absolute atomic E-state index is 6.20. The number of hydrogen-bond donors (Lipinski definition) is 0. The lowest BCUT2D eigenvalue weighted by molar-refractivity contribution is -0.00963. The highest BCUT2D eigenvalue weighted by atomic mass is 32.2. The summed E-state index contributed by atoms with van der Waals surface area (Å²) in [7, 11) is 0. The Morgan fingerprint density at radius 3 is 2.86 bits per heavy atom. The van der Waals surface area contributed by atoms with Crippen molar-refractivity contribution in [3.63, 3.8) is 0 Å². The van der Waals surface area contributed by atoms with Crippen molar-refractivity contribution < 1.29 is 4.74 Å². The molecule has 0 aliphatic carbocycles. The number of hydrogen-bond acceptors (Lipinski definition) is 6. The maximum Gasteiger partial charge on any atom is 0.260 e. The summed E-state index contributed by atoms with van der Waals surface area (Å²) in [6.45, 7) is 8.19. The number of aromatic nitrogens is 2. The minimum atomic E-state index is 0.243. The molecule has 118 valence electrons. The molecule has 2 bridgehead atoms. The largest absolute Gasteiger partial charge is 0.472 e. The number of nitrogens with zero attached hydrogens (tertiary/aromatic N) is 3. The molecule has 3 aliphatic heterocycles. The third-order valence-corrected chi connectivity index (χ3v) is 6.43. The molecular formula is C15H25N3OS2. The van der Waals surface area contributed by atoms with Gasteiger partial charge in [0.15, 0.2) is 5.03 Å². The summed E-state index contributed by atoms with van der Waals surface area (Å²) in [6, 6.07) is 0. The predicted molar refractivity (Wildman–Crippen MR) is 88.3 cm³/mol. The van der Waals surface area contributed by atoms with Crippen molar-refractivity contribution in [2.24, 2.45) is 11.8 Å². The normalized spacial score (nSPS) is 29.5. The van der Waals surface area contributed by atoms with Gasteiger partial charge in [0.2, 0.25) is 0 Å². The summed E-state index contributed by atoms with van der Waals surface area (Å²) in [5, 5.41) is 0.988. The number of fused-ring (bicyclic) bond motifs is 3. The molecule has 0 aromatic carbocycles. The fourth-order valence-corrected chi connectivity index (χ4v) is 5.06. The standard InChI is InChI=1S/C15H25N3OS2/c1-3-4-9-20-15-14(16-21-17-15)19-11(2)13-10-18-7-5-12(13)6-8-18/h11-13H,3-10H2,1-2H3. The van der Waals surface area contributed by atoms with Crippen LogP contribution in [0.4, 0.5) is 0 Å². The highest BCUT2D eigenvalue weighted by Gasteiger charge is 2.38. The van der Waals surface area contributed by atoms with E-state index in [1.807, 2.05) is 0 Å². The van der Waals surface area contributed by atoms with Crippen molar-refractivity contribution in [2.45, 2.75) is 50.7 Å². The van der Waals surface area contributed by atoms with Gasteiger partial charge < -0.3 is 9.64 Å². The summed E-state index contributed by atoms with van der Waals surface area (Å²) in [6.07, 6.45) is 5.36. The smallest absolute Gasteiger partial charge is 0.260 e. The van der Waals surface area contributed by atoms with Crippen LogP contribution in [0.15, 0.2) is 5.03 Å². The molecule has 3 fully saturated rings. The molecule has 21 heavy (non-hydrogen) atoms. The minimum Gasteiger partial charge on any atom is -0.472 e. The van der Waals surface area contributed by atoms with Crippen molar-refractivity contribution in [1.82, 2.24) is 13.6 Å². The molecule has 4 nitrogen and oxygen atoms in total. The van der Waals surface area contributed by atoms with Crippen LogP contribution >= 0.6 is 23.5 Å². The van der Waals surface area contributed by atoms with E-state index in [1.54, 1.807) is 11.8 Å². The second-order valence-electron chi connectivity index (χ2n) is 6.20. The quantitative estimate of drug-likeness (QED) is 0.566. The van der Waals surface area contributed by atoms with E-state index in [9.17, 15) is 0 Å². The van der Waals surface area contributed by atoms with Gasteiger partial charge in [-0.3, -0.25) is 0 Å². The molecule has 3 aliphatic rings. The first-order valence-corrected chi connectivity index (χ1v) is 9.84. The van der Waals surface area contributed by atoms with Crippen LogP contribution in [-0.2, 0) is 0 Å². The second-order valence-corrected chi connectivity index (χ2v) is 7.81. The maximum atomic E-state index is 6.20. The topological polar surface area (TPSA) is 38.3 Å². The van der Waals surface area contributed by atoms with Crippen molar-refractivity contribution in [3.05, 3.63) is 0 Å². The number of unbranched alkanes of at least 4 members (excludes halogenated alkanes) is 1. The van der Waals surface area contributed by atoms with E-state index in [2.05, 4.69) is 27.5 Å². The van der Waals surface area contributed by atoms with Gasteiger partial charge in [-0.15, -0.1) is 4.37 Å². The molecule has 6 heteroatoms. The van der Waals surface area contributed by atoms with Gasteiger partial charge in [0.05, 0.1) is 11.7 Å². The van der Waals surface area contributed by atoms with Gasteiger partial charge in [0.25, 0.3) is 5.88 Å². The lowest BCUT2D eigenvalue weighted by Crippen LogP contribution is -2.51. The predicted octanol–water partition coefficient (Wildman–Crippen LogP) is 3.54. The molecule has 3 saturated heterocycles. The van der Waals surface area contributed by atoms with Gasteiger partial charge in [-0.25, -0.2) is 0 Å². The third kappa shape index (κ3) is 3.71. The first-order valence-electron chi connectivity index (χ1n) is 8.12. The van der Waals surface area contributed by atoms with E-state index < -0.39 is 0 Å². The van der Waals surface area contributed by atoms with Crippen molar-refractivity contribution in [2.75, 3.05) is 25.4 Å². The lowest BCUT2D eigenvalue weighted by atomic mass is 9.76. The Hall–Kier alpha value is -0.330. The third-order valence-electron chi connectivity index (χ3n) is 4.77. The fourth-order valence-electron chi connectivity index (χ4n) is 3.45. The van der Waals surface area contributed by atoms with E-state index in [-0.39, 0.29) is 6.10 Å². The molecule has 4 heterocycles. The average molecular weight is 328 g/mol. The Bertz CT molecular complexity index is 446. The van der Waals surface area contributed by atoms with Gasteiger partial charge in [-0.1, -0.05) is 25.1 Å². The molecule has 0 N–H and O–H groups in total. The lowest BCUT2D eigenvalue weighted by Gasteiger charge is -2.46. The van der Waals surface area contributed by atoms with Crippen molar-refractivity contribution in [1.29, 1.82) is 0 Å². The molecule has 2 atom stereocenters. The van der Waals surface area contributed by atoms with E-state index in [0.717, 1.165) is 22.6 Å². The minimum absolute atomic E-state index is 0.243. The zero-order valence-corrected chi connectivity index (χ0v) is 14.6. The summed E-state index contributed by atoms with van der Waals surface area (Å²) in [5.74, 6) is 3.37. The van der Waals surface area contributed by atoms with Gasteiger partial charge >= 0.3 is 0 Å². The molecule has 4 rings (SSSR count). The Kier molecular flexibility index (Phi) is 5.40. The van der Waals surface area contributed by atoms with Crippen LogP contribution in [0.3, 0.4) is 0 Å². The number of thioether (sulfide) groups is 1. The highest BCUT2D eigenvalue weighted by Crippen LogP contribution is 2.36. The molecule has 2 unspecified atom stereocenters. The van der Waals surface area contributed by atoms with Gasteiger partial charge in [0, 0.05) is 12.5 Å². The first kappa shape index (κ1) is 15.6. The van der Waals surface area contributed by atoms with Gasteiger partial charge in [-0.05, 0) is 50.9 Å². The Balaban J connectivity index is 1.57. The molecule has 0 radical (unpaired) electrons. The molecule has 1 aromatic heterocycles. The number of ether oxygens (including phenoxy) is 1. The summed E-state index contributed by atoms with van der Waals surface area (Å²) >= 11 is 3.06. The van der Waals surface area contributed by atoms with E-state index in [0.29, 0.717) is 5.92 Å². The van der Waals surface area contributed by atoms with Gasteiger partial charge in [-0.2, -0.15) is 4.37 Å². The molecular weight excluding hydrogens is 302 g/mol. The SMILES string of the molecule is CCCCSc1nsnc1OC(C)C1CN2CCC1CC2. The van der Waals surface area contributed by atoms with Crippen LogP contribution in [0.2, 0.25) is 0 Å². The molecule has 1 aromatic rings. The van der Waals surface area contributed by atoms with E-state index in [1.165, 1.54) is 57.0 Å². The van der Waals surface area contributed by atoms with Crippen LogP contribution in [0.1, 0.15) is 39.5 Å². The van der Waals surface area contributed by atoms with E-state index in [4.69, 9.17) is 4.74 Å². The number of piperidine rings is 3. The Labute approximate surface area is 136 Å². The monoisotopic (exact) mass is 327 g/mol. The van der Waals surface area contributed by atoms with Crippen LogP contribution in [0.25, 0.3) is 0 Å². The highest BCUT2D eigenvalue weighted by molar-refractivity contribution is 7.99. The molecule has 0 amide bonds. The van der Waals surface area contributed by atoms with Crippen LogP contribution in [0, 0.1) is 11.8 Å². The van der Waals surface area contributed by atoms with E-state index >= 15 is 0 Å². The zero-order chi connectivity index (χ0) is 14.7. The van der Waals surface area contributed by atoms with Gasteiger partial charge in [0.1, 0.15) is 6.10 Å². The first-order chi connectivity index (χ1) is 10.3. The van der Waals surface area contributed by atoms with Crippen LogP contribution < -0.4 is 4.74 Å². The second kappa shape index (κ2) is 7.29. The Morgan fingerprint density at radius 2 is 2.19 bits per heavy atom. The Morgan fingerprint density at radius 1 is 1.38 bits per heavy atom. The molecule has 0 spiro atoms. The van der Waals surface area contributed by atoms with Crippen LogP contribution in [-0.4, -0.2) is 45.1 Å². The summed E-state index contributed by atoms with van der Waals surface area (Å²) in [4.78, 5) is 2.58. The zero-order valence-electron chi connectivity index (χ0n) is 13.0. The number of rotatable bonds is 7.